The van der Waals surface area contributed by atoms with Gasteiger partial charge in [0.15, 0.2) is 0 Å². The van der Waals surface area contributed by atoms with Crippen molar-refractivity contribution in [1.29, 1.82) is 0 Å². The molecule has 0 fully saturated rings. The minimum absolute atomic E-state index is 0.250. The molecule has 1 aromatic heterocycles. The molecule has 0 saturated heterocycles. The molecule has 3 nitrogen and oxygen atoms in total. The lowest BCUT2D eigenvalue weighted by atomic mass is 10.1. The predicted octanol–water partition coefficient (Wildman–Crippen LogP) is 2.53. The van der Waals surface area contributed by atoms with Crippen molar-refractivity contribution in [3.8, 4) is 10.4 Å². The van der Waals surface area contributed by atoms with Gasteiger partial charge in [-0.05, 0) is 19.4 Å². The second-order valence-electron chi connectivity index (χ2n) is 3.25. The third kappa shape index (κ3) is 3.47. The Morgan fingerprint density at radius 2 is 1.81 bits per heavy atom. The molecule has 2 aromatic rings. The van der Waals surface area contributed by atoms with E-state index in [2.05, 4.69) is 41.9 Å². The lowest BCUT2D eigenvalue weighted by Gasteiger charge is -1.96. The topological polar surface area (TPSA) is 56.0 Å². The van der Waals surface area contributed by atoms with Crippen molar-refractivity contribution in [2.24, 2.45) is 5.73 Å². The van der Waals surface area contributed by atoms with Crippen molar-refractivity contribution >= 4 is 17.7 Å². The maximum atomic E-state index is 8.58. The van der Waals surface area contributed by atoms with Crippen LogP contribution in [0.3, 0.4) is 0 Å². The lowest BCUT2D eigenvalue weighted by Crippen LogP contribution is -1.82. The Bertz CT molecular complexity index is 448. The Balaban J connectivity index is 0.000000386. The fourth-order valence-corrected chi connectivity index (χ4v) is 2.00. The predicted molar refractivity (Wildman–Crippen MR) is 67.3 cm³/mol. The van der Waals surface area contributed by atoms with Crippen LogP contribution in [0.4, 0.5) is 0 Å². The van der Waals surface area contributed by atoms with Crippen LogP contribution in [-0.2, 0) is 4.79 Å². The van der Waals surface area contributed by atoms with Crippen molar-refractivity contribution < 1.29 is 4.79 Å². The number of nitrogens with two attached hydrogens (primary N) is 1. The molecule has 0 bridgehead atoms. The highest BCUT2D eigenvalue weighted by Gasteiger charge is 2.00. The monoisotopic (exact) mass is 234 g/mol. The first-order valence-electron chi connectivity index (χ1n) is 4.82. The largest absolute Gasteiger partial charge is 0.372 e. The number of hydrogen-bond acceptors (Lipinski definition) is 3. The first-order valence-corrected chi connectivity index (χ1v) is 5.64. The van der Waals surface area contributed by atoms with Gasteiger partial charge in [-0.3, -0.25) is 4.79 Å². The first kappa shape index (κ1) is 12.4. The summed E-state index contributed by atoms with van der Waals surface area (Å²) in [5, 5.41) is 1.12. The van der Waals surface area contributed by atoms with E-state index in [1.807, 2.05) is 13.1 Å². The molecule has 1 heterocycles. The van der Waals surface area contributed by atoms with Gasteiger partial charge in [-0.1, -0.05) is 29.8 Å². The van der Waals surface area contributed by atoms with E-state index in [0.29, 0.717) is 0 Å². The standard InChI is InChI=1S/C11H11NS.CH3NO/c1-8-3-5-10(6-4-8)11-7-12-9(2)13-11;2-1-3/h3-7H,1-2H3;1H,(H2,2,3). The molecule has 0 aliphatic carbocycles. The molecule has 0 radical (unpaired) electrons. The molecule has 4 heteroatoms. The van der Waals surface area contributed by atoms with E-state index in [-0.39, 0.29) is 6.41 Å². The highest BCUT2D eigenvalue weighted by Crippen LogP contribution is 2.25. The molecule has 1 amide bonds. The molecule has 1 aromatic carbocycles. The van der Waals surface area contributed by atoms with Gasteiger partial charge in [0, 0.05) is 6.20 Å². The van der Waals surface area contributed by atoms with E-state index in [1.54, 1.807) is 11.3 Å². The molecular weight excluding hydrogens is 220 g/mol. The molecule has 0 unspecified atom stereocenters. The highest BCUT2D eigenvalue weighted by molar-refractivity contribution is 7.15. The maximum Gasteiger partial charge on any atom is 0.204 e. The third-order valence-electron chi connectivity index (χ3n) is 1.96. The van der Waals surface area contributed by atoms with Crippen LogP contribution in [-0.4, -0.2) is 11.4 Å². The average Bonchev–Trinajstić information content (AvgIpc) is 2.67. The summed E-state index contributed by atoms with van der Waals surface area (Å²) in [5.41, 5.74) is 6.72. The summed E-state index contributed by atoms with van der Waals surface area (Å²) < 4.78 is 0. The summed E-state index contributed by atoms with van der Waals surface area (Å²) in [7, 11) is 0. The Morgan fingerprint density at radius 3 is 2.25 bits per heavy atom. The van der Waals surface area contributed by atoms with Gasteiger partial charge in [0.1, 0.15) is 0 Å². The van der Waals surface area contributed by atoms with Crippen LogP contribution in [0.15, 0.2) is 30.5 Å². The van der Waals surface area contributed by atoms with Crippen LogP contribution in [0.2, 0.25) is 0 Å². The van der Waals surface area contributed by atoms with Gasteiger partial charge in [-0.15, -0.1) is 11.3 Å². The summed E-state index contributed by atoms with van der Waals surface area (Å²) in [6.45, 7) is 4.13. The van der Waals surface area contributed by atoms with Crippen molar-refractivity contribution in [1.82, 2.24) is 4.98 Å². The zero-order valence-electron chi connectivity index (χ0n) is 9.31. The first-order chi connectivity index (χ1) is 7.67. The van der Waals surface area contributed by atoms with E-state index in [1.165, 1.54) is 16.0 Å². The van der Waals surface area contributed by atoms with Gasteiger partial charge in [0.05, 0.1) is 9.88 Å². The van der Waals surface area contributed by atoms with Gasteiger partial charge >= 0.3 is 0 Å². The Morgan fingerprint density at radius 1 is 1.25 bits per heavy atom. The van der Waals surface area contributed by atoms with Gasteiger partial charge in [-0.25, -0.2) is 4.98 Å². The molecule has 0 atom stereocenters. The lowest BCUT2D eigenvalue weighted by molar-refractivity contribution is -0.106. The smallest absolute Gasteiger partial charge is 0.204 e. The average molecular weight is 234 g/mol. The molecule has 2 N–H and O–H groups in total. The number of aryl methyl sites for hydroxylation is 2. The molecule has 16 heavy (non-hydrogen) atoms. The molecule has 84 valence electrons. The van der Waals surface area contributed by atoms with Crippen LogP contribution in [0.5, 0.6) is 0 Å². The zero-order valence-corrected chi connectivity index (χ0v) is 10.1. The number of carbonyl (C=O) groups is 1. The Kier molecular flexibility index (Phi) is 4.66. The minimum Gasteiger partial charge on any atom is -0.372 e. The van der Waals surface area contributed by atoms with E-state index in [0.717, 1.165) is 5.01 Å². The van der Waals surface area contributed by atoms with Gasteiger partial charge in [0.25, 0.3) is 0 Å². The number of aromatic nitrogens is 1. The number of rotatable bonds is 1. The van der Waals surface area contributed by atoms with Gasteiger partial charge < -0.3 is 5.73 Å². The zero-order chi connectivity index (χ0) is 12.0. The number of thiazole rings is 1. The number of carbonyl (C=O) groups excluding carboxylic acids is 1. The van der Waals surface area contributed by atoms with Crippen LogP contribution < -0.4 is 5.73 Å². The number of hydrogen-bond donors (Lipinski definition) is 1. The maximum absolute atomic E-state index is 8.58. The van der Waals surface area contributed by atoms with E-state index < -0.39 is 0 Å². The van der Waals surface area contributed by atoms with E-state index in [4.69, 9.17) is 4.79 Å². The highest BCUT2D eigenvalue weighted by atomic mass is 32.1. The Labute approximate surface area is 99.0 Å². The second kappa shape index (κ2) is 6.02. The summed E-state index contributed by atoms with van der Waals surface area (Å²) in [6.07, 6.45) is 2.19. The Hall–Kier alpha value is -1.68. The van der Waals surface area contributed by atoms with Crippen LogP contribution in [0, 0.1) is 13.8 Å². The second-order valence-corrected chi connectivity index (χ2v) is 4.48. The third-order valence-corrected chi connectivity index (χ3v) is 2.92. The van der Waals surface area contributed by atoms with Crippen LogP contribution >= 0.6 is 11.3 Å². The minimum atomic E-state index is 0.250. The van der Waals surface area contributed by atoms with Gasteiger partial charge in [-0.2, -0.15) is 0 Å². The summed E-state index contributed by atoms with van der Waals surface area (Å²) >= 11 is 1.74. The molecule has 2 rings (SSSR count). The fraction of sp³-hybridized carbons (Fsp3) is 0.167. The molecule has 0 aliphatic rings. The molecular formula is C12H14N2OS. The summed E-state index contributed by atoms with van der Waals surface area (Å²) in [6, 6.07) is 8.54. The van der Waals surface area contributed by atoms with Crippen molar-refractivity contribution in [3.05, 3.63) is 41.0 Å². The van der Waals surface area contributed by atoms with Crippen LogP contribution in [0.1, 0.15) is 10.6 Å². The molecule has 0 spiro atoms. The number of benzene rings is 1. The van der Waals surface area contributed by atoms with Gasteiger partial charge in [0.2, 0.25) is 6.41 Å². The summed E-state index contributed by atoms with van der Waals surface area (Å²) in [5.74, 6) is 0. The number of nitrogens with zero attached hydrogens (tertiary/aromatic N) is 1. The van der Waals surface area contributed by atoms with Crippen molar-refractivity contribution in [2.45, 2.75) is 13.8 Å². The number of amides is 1. The number of primary amides is 1. The normalized spacial score (nSPS) is 9.12. The SMILES string of the molecule is Cc1ccc(-c2cnc(C)s2)cc1.NC=O. The molecule has 0 aliphatic heterocycles. The van der Waals surface area contributed by atoms with Crippen LogP contribution in [0.25, 0.3) is 10.4 Å². The molecule has 0 saturated carbocycles. The van der Waals surface area contributed by atoms with E-state index in [9.17, 15) is 0 Å². The summed E-state index contributed by atoms with van der Waals surface area (Å²) in [4.78, 5) is 14.1. The van der Waals surface area contributed by atoms with Crippen molar-refractivity contribution in [2.75, 3.05) is 0 Å². The quantitative estimate of drug-likeness (QED) is 0.771. The van der Waals surface area contributed by atoms with E-state index >= 15 is 0 Å². The van der Waals surface area contributed by atoms with Crippen molar-refractivity contribution in [3.63, 3.8) is 0 Å². The fourth-order valence-electron chi connectivity index (χ4n) is 1.21.